The first-order valence-corrected chi connectivity index (χ1v) is 14.0. The molecule has 1 aliphatic heterocycles. The van der Waals surface area contributed by atoms with Crippen LogP contribution in [0.4, 0.5) is 5.95 Å². The highest BCUT2D eigenvalue weighted by Crippen LogP contribution is 2.37. The lowest BCUT2D eigenvalue weighted by Crippen LogP contribution is -2.30. The lowest BCUT2D eigenvalue weighted by Gasteiger charge is -2.28. The summed E-state index contributed by atoms with van der Waals surface area (Å²) in [5, 5.41) is 8.71. The van der Waals surface area contributed by atoms with Crippen LogP contribution in [0.2, 0.25) is 0 Å². The lowest BCUT2D eigenvalue weighted by molar-refractivity contribution is -0.143. The van der Waals surface area contributed by atoms with E-state index in [2.05, 4.69) is 36.5 Å². The van der Waals surface area contributed by atoms with Crippen LogP contribution in [0.25, 0.3) is 0 Å². The molecule has 1 N–H and O–H groups in total. The highest BCUT2D eigenvalue weighted by Gasteiger charge is 2.35. The zero-order chi connectivity index (χ0) is 27.4. The number of aromatic nitrogens is 3. The first kappa shape index (κ1) is 26.6. The number of hydrogen-bond acceptors (Lipinski definition) is 7. The summed E-state index contributed by atoms with van der Waals surface area (Å²) in [6, 6.07) is 25.7. The number of thioether (sulfide) groups is 1. The third-order valence-corrected chi connectivity index (χ3v) is 7.37. The van der Waals surface area contributed by atoms with Crippen molar-refractivity contribution >= 4 is 23.7 Å². The number of allylic oxidation sites excluding steroid dienone is 1. The van der Waals surface area contributed by atoms with E-state index in [0.717, 1.165) is 22.6 Å². The molecule has 0 bridgehead atoms. The van der Waals surface area contributed by atoms with E-state index in [-0.39, 0.29) is 12.1 Å². The number of nitrogens with one attached hydrogen (secondary N) is 1. The van der Waals surface area contributed by atoms with Crippen LogP contribution < -0.4 is 10.1 Å². The van der Waals surface area contributed by atoms with E-state index >= 15 is 0 Å². The van der Waals surface area contributed by atoms with Crippen molar-refractivity contribution in [3.05, 3.63) is 112 Å². The van der Waals surface area contributed by atoms with Gasteiger partial charge in [0.05, 0.1) is 11.7 Å². The smallest absolute Gasteiger partial charge is 0.338 e. The number of anilines is 1. The summed E-state index contributed by atoms with van der Waals surface area (Å²) in [6.07, 6.45) is -0.246. The maximum absolute atomic E-state index is 13.3. The van der Waals surface area contributed by atoms with Crippen molar-refractivity contribution in [1.82, 2.24) is 14.8 Å². The monoisotopic (exact) mass is 540 g/mol. The SMILES string of the molecule is CC1=C(C(=O)OC(C)C)C(c2ccc(OCc3ccccc3C)cc2)n2nc(SCc3ccccc3)nc2N1. The maximum Gasteiger partial charge on any atom is 0.338 e. The number of hydrogen-bond donors (Lipinski definition) is 1. The van der Waals surface area contributed by atoms with Crippen molar-refractivity contribution < 1.29 is 14.3 Å². The largest absolute Gasteiger partial charge is 0.489 e. The first-order chi connectivity index (χ1) is 18.9. The highest BCUT2D eigenvalue weighted by molar-refractivity contribution is 7.98. The Morgan fingerprint density at radius 2 is 1.72 bits per heavy atom. The predicted octanol–water partition coefficient (Wildman–Crippen LogP) is 6.70. The fourth-order valence-electron chi connectivity index (χ4n) is 4.44. The molecule has 3 aromatic carbocycles. The molecule has 0 saturated carbocycles. The van der Waals surface area contributed by atoms with Crippen molar-refractivity contribution in [2.75, 3.05) is 5.32 Å². The Morgan fingerprint density at radius 3 is 2.44 bits per heavy atom. The number of carbonyl (C=O) groups is 1. The molecule has 1 aromatic heterocycles. The standard InChI is InChI=1S/C31H32N4O3S/c1-20(2)38-29(36)27-22(4)32-30-33-31(39-19-23-11-6-5-7-12-23)34-35(30)28(27)24-14-16-26(17-15-24)37-18-25-13-9-8-10-21(25)3/h5-17,20,28H,18-19H2,1-4H3,(H,32,33,34). The minimum Gasteiger partial charge on any atom is -0.489 e. The lowest BCUT2D eigenvalue weighted by atomic mass is 9.95. The van der Waals surface area contributed by atoms with E-state index < -0.39 is 6.04 Å². The number of esters is 1. The van der Waals surface area contributed by atoms with Gasteiger partial charge < -0.3 is 14.8 Å². The summed E-state index contributed by atoms with van der Waals surface area (Å²) in [5.41, 5.74) is 5.62. The Hall–Kier alpha value is -4.04. The van der Waals surface area contributed by atoms with Gasteiger partial charge in [0.15, 0.2) is 0 Å². The van der Waals surface area contributed by atoms with Crippen LogP contribution in [0, 0.1) is 6.92 Å². The third kappa shape index (κ3) is 6.17. The van der Waals surface area contributed by atoms with Gasteiger partial charge in [0.25, 0.3) is 0 Å². The topological polar surface area (TPSA) is 78.3 Å². The number of carbonyl (C=O) groups excluding carboxylic acids is 1. The second-order valence-electron chi connectivity index (χ2n) is 9.74. The molecule has 0 amide bonds. The van der Waals surface area contributed by atoms with Crippen LogP contribution in [0.15, 0.2) is 95.3 Å². The Balaban J connectivity index is 1.42. The Bertz CT molecular complexity index is 1480. The molecule has 2 heterocycles. The first-order valence-electron chi connectivity index (χ1n) is 13.0. The molecule has 1 aliphatic rings. The van der Waals surface area contributed by atoms with Gasteiger partial charge in [-0.3, -0.25) is 0 Å². The molecule has 5 rings (SSSR count). The molecule has 200 valence electrons. The van der Waals surface area contributed by atoms with Gasteiger partial charge in [0.2, 0.25) is 11.1 Å². The van der Waals surface area contributed by atoms with Crippen molar-refractivity contribution in [2.24, 2.45) is 0 Å². The predicted molar refractivity (Wildman–Crippen MR) is 154 cm³/mol. The fraction of sp³-hybridized carbons (Fsp3) is 0.258. The van der Waals surface area contributed by atoms with Gasteiger partial charge in [0.1, 0.15) is 18.4 Å². The maximum atomic E-state index is 13.3. The van der Waals surface area contributed by atoms with Crippen LogP contribution in [-0.4, -0.2) is 26.8 Å². The van der Waals surface area contributed by atoms with Gasteiger partial charge in [-0.05, 0) is 62.1 Å². The van der Waals surface area contributed by atoms with E-state index in [1.165, 1.54) is 11.1 Å². The van der Waals surface area contributed by atoms with E-state index in [1.54, 1.807) is 16.4 Å². The second kappa shape index (κ2) is 11.8. The molecular formula is C31H32N4O3S. The molecule has 1 unspecified atom stereocenters. The number of aryl methyl sites for hydroxylation is 1. The van der Waals surface area contributed by atoms with Crippen LogP contribution in [0.5, 0.6) is 5.75 Å². The molecule has 0 aliphatic carbocycles. The number of nitrogens with zero attached hydrogens (tertiary/aromatic N) is 3. The Kier molecular flexibility index (Phi) is 8.02. The van der Waals surface area contributed by atoms with Crippen LogP contribution in [0.3, 0.4) is 0 Å². The normalized spacial score (nSPS) is 14.6. The van der Waals surface area contributed by atoms with Crippen LogP contribution in [-0.2, 0) is 21.9 Å². The Morgan fingerprint density at radius 1 is 1.00 bits per heavy atom. The van der Waals surface area contributed by atoms with Crippen molar-refractivity contribution in [3.8, 4) is 5.75 Å². The van der Waals surface area contributed by atoms with Gasteiger partial charge in [-0.2, -0.15) is 4.98 Å². The Labute approximate surface area is 233 Å². The summed E-state index contributed by atoms with van der Waals surface area (Å²) < 4.78 is 13.5. The summed E-state index contributed by atoms with van der Waals surface area (Å²) in [6.45, 7) is 8.13. The summed E-state index contributed by atoms with van der Waals surface area (Å²) in [4.78, 5) is 18.0. The summed E-state index contributed by atoms with van der Waals surface area (Å²) in [7, 11) is 0. The van der Waals surface area contributed by atoms with E-state index in [1.807, 2.05) is 75.4 Å². The van der Waals surface area contributed by atoms with Crippen molar-refractivity contribution in [1.29, 1.82) is 0 Å². The molecule has 0 fully saturated rings. The number of rotatable bonds is 9. The zero-order valence-electron chi connectivity index (χ0n) is 22.5. The molecule has 39 heavy (non-hydrogen) atoms. The summed E-state index contributed by atoms with van der Waals surface area (Å²) in [5.74, 6) is 1.71. The molecule has 1 atom stereocenters. The second-order valence-corrected chi connectivity index (χ2v) is 10.7. The van der Waals surface area contributed by atoms with Gasteiger partial charge in [-0.25, -0.2) is 9.48 Å². The average Bonchev–Trinajstić information content (AvgIpc) is 3.33. The number of ether oxygens (including phenoxy) is 2. The molecule has 0 saturated heterocycles. The molecule has 8 heteroatoms. The molecule has 0 spiro atoms. The fourth-order valence-corrected chi connectivity index (χ4v) is 5.23. The molecular weight excluding hydrogens is 508 g/mol. The average molecular weight is 541 g/mol. The van der Waals surface area contributed by atoms with Gasteiger partial charge in [-0.15, -0.1) is 5.10 Å². The minimum atomic E-state index is -0.489. The van der Waals surface area contributed by atoms with E-state index in [9.17, 15) is 4.79 Å². The summed E-state index contributed by atoms with van der Waals surface area (Å²) >= 11 is 1.56. The van der Waals surface area contributed by atoms with Crippen molar-refractivity contribution in [3.63, 3.8) is 0 Å². The van der Waals surface area contributed by atoms with Crippen molar-refractivity contribution in [2.45, 2.75) is 57.4 Å². The van der Waals surface area contributed by atoms with E-state index in [4.69, 9.17) is 19.6 Å². The quantitative estimate of drug-likeness (QED) is 0.187. The highest BCUT2D eigenvalue weighted by atomic mass is 32.2. The minimum absolute atomic E-state index is 0.246. The number of benzene rings is 3. The molecule has 7 nitrogen and oxygen atoms in total. The van der Waals surface area contributed by atoms with E-state index in [0.29, 0.717) is 29.0 Å². The molecule has 0 radical (unpaired) electrons. The number of fused-ring (bicyclic) bond motifs is 1. The van der Waals surface area contributed by atoms with Gasteiger partial charge in [-0.1, -0.05) is 78.5 Å². The van der Waals surface area contributed by atoms with Gasteiger partial charge in [0, 0.05) is 11.4 Å². The zero-order valence-corrected chi connectivity index (χ0v) is 23.4. The molecule has 4 aromatic rings. The van der Waals surface area contributed by atoms with Crippen LogP contribution in [0.1, 0.15) is 49.1 Å². The third-order valence-electron chi connectivity index (χ3n) is 6.46. The van der Waals surface area contributed by atoms with Gasteiger partial charge >= 0.3 is 5.97 Å². The van der Waals surface area contributed by atoms with Crippen LogP contribution >= 0.6 is 11.8 Å².